The van der Waals surface area contributed by atoms with Gasteiger partial charge in [-0.05, 0) is 51.5 Å². The van der Waals surface area contributed by atoms with Crippen LogP contribution in [0.4, 0.5) is 9.18 Å². The largest absolute Gasteiger partial charge is 0.464 e. The van der Waals surface area contributed by atoms with E-state index < -0.39 is 23.3 Å². The Morgan fingerprint density at radius 2 is 1.80 bits per heavy atom. The van der Waals surface area contributed by atoms with E-state index in [1.807, 2.05) is 0 Å². The van der Waals surface area contributed by atoms with Crippen LogP contribution in [0.25, 0.3) is 0 Å². The second kappa shape index (κ2) is 4.46. The zero-order chi connectivity index (χ0) is 15.2. The number of methoxy groups -OCH3 is 1. The van der Waals surface area contributed by atoms with Gasteiger partial charge in [0.1, 0.15) is 17.0 Å². The SMILES string of the molecule is COC(=O)C(=CC12CC(F)(C1)C2)NC(=O)OC(C)(C)C. The summed E-state index contributed by atoms with van der Waals surface area (Å²) in [5, 5.41) is 2.39. The lowest BCUT2D eigenvalue weighted by Gasteiger charge is -2.64. The van der Waals surface area contributed by atoms with Crippen LogP contribution in [0.5, 0.6) is 0 Å². The van der Waals surface area contributed by atoms with Crippen molar-refractivity contribution in [2.75, 3.05) is 7.11 Å². The first-order chi connectivity index (χ1) is 9.06. The molecule has 0 spiro atoms. The fraction of sp³-hybridized carbons (Fsp3) is 0.714. The molecule has 20 heavy (non-hydrogen) atoms. The van der Waals surface area contributed by atoms with E-state index >= 15 is 0 Å². The number of hydrogen-bond acceptors (Lipinski definition) is 4. The zero-order valence-corrected chi connectivity index (χ0v) is 12.2. The van der Waals surface area contributed by atoms with Crippen LogP contribution in [0.15, 0.2) is 11.8 Å². The van der Waals surface area contributed by atoms with Crippen LogP contribution in [0.3, 0.4) is 0 Å². The molecule has 0 aliphatic heterocycles. The number of alkyl carbamates (subject to hydrolysis) is 1. The lowest BCUT2D eigenvalue weighted by atomic mass is 9.42. The number of allylic oxidation sites excluding steroid dienone is 1. The van der Waals surface area contributed by atoms with Crippen LogP contribution in [0.2, 0.25) is 0 Å². The quantitative estimate of drug-likeness (QED) is 0.639. The van der Waals surface area contributed by atoms with E-state index in [0.717, 1.165) is 0 Å². The molecule has 0 radical (unpaired) electrons. The van der Waals surface area contributed by atoms with Crippen LogP contribution in [0.1, 0.15) is 40.0 Å². The number of carbonyl (C=O) groups is 2. The van der Waals surface area contributed by atoms with E-state index in [1.54, 1.807) is 26.8 Å². The fourth-order valence-corrected chi connectivity index (χ4v) is 2.87. The van der Waals surface area contributed by atoms with Gasteiger partial charge >= 0.3 is 12.1 Å². The maximum Gasteiger partial charge on any atom is 0.412 e. The molecule has 3 fully saturated rings. The third kappa shape index (κ3) is 2.94. The Morgan fingerprint density at radius 3 is 2.20 bits per heavy atom. The summed E-state index contributed by atoms with van der Waals surface area (Å²) in [6.07, 6.45) is 2.07. The van der Waals surface area contributed by atoms with Gasteiger partial charge in [-0.1, -0.05) is 0 Å². The second-order valence-electron chi connectivity index (χ2n) is 6.72. The van der Waals surface area contributed by atoms with Gasteiger partial charge in [-0.15, -0.1) is 0 Å². The van der Waals surface area contributed by atoms with Crippen molar-refractivity contribution < 1.29 is 23.5 Å². The predicted molar refractivity (Wildman–Crippen MR) is 69.6 cm³/mol. The highest BCUT2D eigenvalue weighted by Gasteiger charge is 2.68. The predicted octanol–water partition coefficient (Wildman–Crippen LogP) is 2.46. The average Bonchev–Trinajstić information content (AvgIpc) is 2.20. The van der Waals surface area contributed by atoms with Crippen molar-refractivity contribution in [1.29, 1.82) is 0 Å². The van der Waals surface area contributed by atoms with Crippen molar-refractivity contribution in [3.05, 3.63) is 11.8 Å². The van der Waals surface area contributed by atoms with Gasteiger partial charge in [-0.3, -0.25) is 5.32 Å². The third-order valence-electron chi connectivity index (χ3n) is 3.50. The molecule has 3 rings (SSSR count). The first kappa shape index (κ1) is 14.8. The van der Waals surface area contributed by atoms with Gasteiger partial charge in [0.2, 0.25) is 0 Å². The topological polar surface area (TPSA) is 64.6 Å². The van der Waals surface area contributed by atoms with Crippen molar-refractivity contribution in [1.82, 2.24) is 5.32 Å². The summed E-state index contributed by atoms with van der Waals surface area (Å²) >= 11 is 0. The number of amides is 1. The average molecular weight is 285 g/mol. The Morgan fingerprint density at radius 1 is 1.25 bits per heavy atom. The molecule has 0 unspecified atom stereocenters. The molecule has 5 nitrogen and oxygen atoms in total. The Labute approximate surface area is 117 Å². The molecule has 3 saturated carbocycles. The van der Waals surface area contributed by atoms with Gasteiger partial charge < -0.3 is 9.47 Å². The van der Waals surface area contributed by atoms with Crippen molar-refractivity contribution >= 4 is 12.1 Å². The van der Waals surface area contributed by atoms with Gasteiger partial charge in [0.05, 0.1) is 7.11 Å². The minimum atomic E-state index is -1.07. The third-order valence-corrected chi connectivity index (χ3v) is 3.50. The van der Waals surface area contributed by atoms with E-state index in [2.05, 4.69) is 10.1 Å². The van der Waals surface area contributed by atoms with Crippen molar-refractivity contribution in [2.45, 2.75) is 51.3 Å². The minimum absolute atomic E-state index is 0.0171. The second-order valence-corrected chi connectivity index (χ2v) is 6.72. The van der Waals surface area contributed by atoms with Crippen LogP contribution in [0, 0.1) is 5.41 Å². The summed E-state index contributed by atoms with van der Waals surface area (Å²) in [6, 6.07) is 0. The number of ether oxygens (including phenoxy) is 2. The van der Waals surface area contributed by atoms with Crippen LogP contribution in [-0.4, -0.2) is 30.4 Å². The zero-order valence-electron chi connectivity index (χ0n) is 12.2. The molecule has 0 aromatic heterocycles. The summed E-state index contributed by atoms with van der Waals surface area (Å²) in [6.45, 7) is 5.17. The number of nitrogens with one attached hydrogen (secondary N) is 1. The molecule has 3 aliphatic rings. The van der Waals surface area contributed by atoms with Crippen molar-refractivity contribution in [3.63, 3.8) is 0 Å². The Bertz CT molecular complexity index is 458. The molecular weight excluding hydrogens is 265 g/mol. The molecule has 6 heteroatoms. The molecule has 3 aliphatic carbocycles. The molecule has 0 atom stereocenters. The number of esters is 1. The molecule has 1 amide bonds. The van der Waals surface area contributed by atoms with Crippen molar-refractivity contribution in [3.8, 4) is 0 Å². The Balaban J connectivity index is 2.04. The summed E-state index contributed by atoms with van der Waals surface area (Å²) in [5.41, 5.74) is -2.02. The number of rotatable bonds is 3. The number of hydrogen-bond donors (Lipinski definition) is 1. The summed E-state index contributed by atoms with van der Waals surface area (Å²) < 4.78 is 23.2. The molecule has 112 valence electrons. The molecule has 0 aromatic rings. The highest BCUT2D eigenvalue weighted by Crippen LogP contribution is 2.70. The molecular formula is C14H20FNO4. The standard InChI is InChI=1S/C14H20FNO4/c1-12(2,3)20-11(18)16-9(10(17)19-4)5-13-6-14(15,7-13)8-13/h5H,6-8H2,1-4H3,(H,16,18). The van der Waals surface area contributed by atoms with Gasteiger partial charge in [-0.25, -0.2) is 14.0 Å². The fourth-order valence-electron chi connectivity index (χ4n) is 2.87. The molecule has 2 bridgehead atoms. The van der Waals surface area contributed by atoms with E-state index in [0.29, 0.717) is 19.3 Å². The number of carbonyl (C=O) groups excluding carboxylic acids is 2. The van der Waals surface area contributed by atoms with Gasteiger partial charge in [0, 0.05) is 0 Å². The van der Waals surface area contributed by atoms with E-state index in [-0.39, 0.29) is 11.1 Å². The van der Waals surface area contributed by atoms with E-state index in [1.165, 1.54) is 7.11 Å². The molecule has 1 N–H and O–H groups in total. The van der Waals surface area contributed by atoms with Gasteiger partial charge in [0.25, 0.3) is 0 Å². The lowest BCUT2D eigenvalue weighted by Crippen LogP contribution is -2.63. The Kier molecular flexibility index (Phi) is 3.31. The lowest BCUT2D eigenvalue weighted by molar-refractivity contribution is -0.183. The minimum Gasteiger partial charge on any atom is -0.464 e. The van der Waals surface area contributed by atoms with Gasteiger partial charge in [0.15, 0.2) is 0 Å². The van der Waals surface area contributed by atoms with Crippen LogP contribution >= 0.6 is 0 Å². The first-order valence-electron chi connectivity index (χ1n) is 6.57. The van der Waals surface area contributed by atoms with Crippen molar-refractivity contribution in [2.24, 2.45) is 5.41 Å². The first-order valence-corrected chi connectivity index (χ1v) is 6.57. The van der Waals surface area contributed by atoms with E-state index in [4.69, 9.17) is 4.74 Å². The van der Waals surface area contributed by atoms with Crippen LogP contribution in [-0.2, 0) is 14.3 Å². The number of alkyl halides is 1. The summed E-state index contributed by atoms with van der Waals surface area (Å²) in [4.78, 5) is 23.4. The normalized spacial score (nSPS) is 31.8. The highest BCUT2D eigenvalue weighted by molar-refractivity contribution is 5.92. The Hall–Kier alpha value is -1.59. The maximum absolute atomic E-state index is 13.5. The van der Waals surface area contributed by atoms with E-state index in [9.17, 15) is 14.0 Å². The van der Waals surface area contributed by atoms with Crippen LogP contribution < -0.4 is 5.32 Å². The smallest absolute Gasteiger partial charge is 0.412 e. The monoisotopic (exact) mass is 285 g/mol. The molecule has 0 saturated heterocycles. The summed E-state index contributed by atoms with van der Waals surface area (Å²) in [7, 11) is 1.23. The molecule has 0 aromatic carbocycles. The summed E-state index contributed by atoms with van der Waals surface area (Å²) in [5.74, 6) is -0.659. The van der Waals surface area contributed by atoms with Gasteiger partial charge in [-0.2, -0.15) is 0 Å². The maximum atomic E-state index is 13.5. The highest BCUT2D eigenvalue weighted by atomic mass is 19.1. The molecule has 0 heterocycles. The number of halogens is 1.